The van der Waals surface area contributed by atoms with E-state index < -0.39 is 11.3 Å². The Hall–Kier alpha value is -4.24. The molecule has 0 spiro atoms. The number of carbonyl (C=O) groups excluding carboxylic acids is 1. The van der Waals surface area contributed by atoms with E-state index in [1.807, 2.05) is 44.4 Å². The minimum atomic E-state index is -0.676. The molecular weight excluding hydrogens is 499 g/mol. The van der Waals surface area contributed by atoms with Crippen LogP contribution >= 0.6 is 0 Å². The van der Waals surface area contributed by atoms with Crippen molar-refractivity contribution in [3.8, 4) is 5.75 Å². The highest BCUT2D eigenvalue weighted by Gasteiger charge is 2.24. The maximum atomic E-state index is 13.7. The minimum Gasteiger partial charge on any atom is -0.483 e. The highest BCUT2D eigenvalue weighted by Crippen LogP contribution is 2.20. The zero-order valence-corrected chi connectivity index (χ0v) is 22.6. The molecule has 0 bridgehead atoms. The van der Waals surface area contributed by atoms with E-state index in [1.54, 1.807) is 29.1 Å². The number of nitrogens with zero attached hydrogens (tertiary/aromatic N) is 3. The molecule has 2 aromatic carbocycles. The average molecular weight is 533 g/mol. The molecule has 0 radical (unpaired) electrons. The maximum Gasteiger partial charge on any atom is 0.278 e. The van der Waals surface area contributed by atoms with E-state index in [0.29, 0.717) is 12.1 Å². The fourth-order valence-corrected chi connectivity index (χ4v) is 4.69. The molecule has 0 aliphatic rings. The third-order valence-electron chi connectivity index (χ3n) is 6.24. The fraction of sp³-hybridized carbons (Fsp3) is 0.300. The Kier molecular flexibility index (Phi) is 8.30. The summed E-state index contributed by atoms with van der Waals surface area (Å²) in [5, 5.41) is 2.70. The van der Waals surface area contributed by atoms with Crippen molar-refractivity contribution in [2.45, 2.75) is 33.5 Å². The summed E-state index contributed by atoms with van der Waals surface area (Å²) in [5.74, 6) is -1.19. The number of ether oxygens (including phenoxy) is 1. The lowest BCUT2D eigenvalue weighted by molar-refractivity contribution is 0.0948. The van der Waals surface area contributed by atoms with Gasteiger partial charge < -0.3 is 23.9 Å². The predicted molar refractivity (Wildman–Crippen MR) is 149 cm³/mol. The molecule has 0 aliphatic heterocycles. The van der Waals surface area contributed by atoms with Crippen LogP contribution in [0, 0.1) is 11.2 Å². The van der Waals surface area contributed by atoms with Gasteiger partial charge in [-0.3, -0.25) is 14.4 Å². The predicted octanol–water partition coefficient (Wildman–Crippen LogP) is 3.70. The van der Waals surface area contributed by atoms with Gasteiger partial charge in [-0.2, -0.15) is 0 Å². The Morgan fingerprint density at radius 2 is 1.69 bits per heavy atom. The Balaban J connectivity index is 1.74. The lowest BCUT2D eigenvalue weighted by Gasteiger charge is -2.29. The Labute approximate surface area is 226 Å². The van der Waals surface area contributed by atoms with Gasteiger partial charge >= 0.3 is 0 Å². The van der Waals surface area contributed by atoms with E-state index in [9.17, 15) is 18.8 Å². The quantitative estimate of drug-likeness (QED) is 0.337. The van der Waals surface area contributed by atoms with Crippen molar-refractivity contribution in [2.75, 3.05) is 20.6 Å². The van der Waals surface area contributed by atoms with Crippen LogP contribution in [0.1, 0.15) is 35.3 Å². The van der Waals surface area contributed by atoms with Crippen LogP contribution in [-0.4, -0.2) is 40.4 Å². The number of aromatic nitrogens is 2. The van der Waals surface area contributed by atoms with Crippen LogP contribution in [0.25, 0.3) is 5.52 Å². The average Bonchev–Trinajstić information content (AvgIpc) is 2.89. The van der Waals surface area contributed by atoms with Crippen LogP contribution in [0.4, 0.5) is 4.39 Å². The summed E-state index contributed by atoms with van der Waals surface area (Å²) in [5.41, 5.74) is 0.0978. The standard InChI is InChI=1S/C30H33FN4O4/c1-30(2,19-33(3)4)20-35-15-14-34-17-24(28(37)32-16-21-10-12-23(31)13-11-21)26(36)27(25(34)29(35)38)39-18-22-8-6-5-7-9-22/h5-15,17H,16,18-20H2,1-4H3,(H,32,37). The molecule has 1 N–H and O–H groups in total. The zero-order chi connectivity index (χ0) is 28.2. The number of halogens is 1. The highest BCUT2D eigenvalue weighted by molar-refractivity contribution is 5.94. The number of hydrogen-bond donors (Lipinski definition) is 1. The molecule has 2 aromatic heterocycles. The lowest BCUT2D eigenvalue weighted by Crippen LogP contribution is -2.37. The third-order valence-corrected chi connectivity index (χ3v) is 6.24. The molecule has 8 nitrogen and oxygen atoms in total. The van der Waals surface area contributed by atoms with Crippen LogP contribution in [0.3, 0.4) is 0 Å². The van der Waals surface area contributed by atoms with Crippen molar-refractivity contribution in [3.05, 3.63) is 116 Å². The zero-order valence-electron chi connectivity index (χ0n) is 22.6. The number of nitrogens with one attached hydrogen (secondary N) is 1. The molecule has 0 unspecified atom stereocenters. The summed E-state index contributed by atoms with van der Waals surface area (Å²) >= 11 is 0. The fourth-order valence-electron chi connectivity index (χ4n) is 4.69. The summed E-state index contributed by atoms with van der Waals surface area (Å²) in [6.07, 6.45) is 4.65. The van der Waals surface area contributed by atoms with Gasteiger partial charge in [0.2, 0.25) is 5.43 Å². The van der Waals surface area contributed by atoms with Gasteiger partial charge in [0.15, 0.2) is 11.3 Å². The normalized spacial score (nSPS) is 11.6. The van der Waals surface area contributed by atoms with Crippen molar-refractivity contribution in [1.29, 1.82) is 0 Å². The summed E-state index contributed by atoms with van der Waals surface area (Å²) in [6, 6.07) is 15.0. The molecule has 1 amide bonds. The molecule has 39 heavy (non-hydrogen) atoms. The molecule has 0 saturated carbocycles. The SMILES string of the molecule is CN(C)CC(C)(C)Cn1ccn2cc(C(=O)NCc3ccc(F)cc3)c(=O)c(OCc3ccccc3)c2c1=O. The van der Waals surface area contributed by atoms with E-state index in [-0.39, 0.29) is 46.8 Å². The molecule has 0 atom stereocenters. The second-order valence-corrected chi connectivity index (χ2v) is 10.7. The van der Waals surface area contributed by atoms with E-state index in [1.165, 1.54) is 22.7 Å². The number of pyridine rings is 1. The number of amides is 1. The maximum absolute atomic E-state index is 13.7. The number of benzene rings is 2. The van der Waals surface area contributed by atoms with Gasteiger partial charge in [-0.1, -0.05) is 56.3 Å². The van der Waals surface area contributed by atoms with Gasteiger partial charge in [-0.15, -0.1) is 0 Å². The Bertz CT molecular complexity index is 1580. The van der Waals surface area contributed by atoms with Gasteiger partial charge in [-0.25, -0.2) is 4.39 Å². The topological polar surface area (TPSA) is 85.1 Å². The van der Waals surface area contributed by atoms with Crippen molar-refractivity contribution >= 4 is 11.4 Å². The van der Waals surface area contributed by atoms with E-state index in [0.717, 1.165) is 12.1 Å². The van der Waals surface area contributed by atoms with Gasteiger partial charge in [0.05, 0.1) is 0 Å². The Morgan fingerprint density at radius 1 is 1.00 bits per heavy atom. The summed E-state index contributed by atoms with van der Waals surface area (Å²) in [6.45, 7) is 5.46. The number of fused-ring (bicyclic) bond motifs is 1. The molecule has 0 aliphatic carbocycles. The van der Waals surface area contributed by atoms with Crippen molar-refractivity contribution in [3.63, 3.8) is 0 Å². The smallest absolute Gasteiger partial charge is 0.278 e. The minimum absolute atomic E-state index is 0.0485. The van der Waals surface area contributed by atoms with Crippen LogP contribution in [0.15, 0.2) is 82.8 Å². The van der Waals surface area contributed by atoms with Gasteiger partial charge in [0, 0.05) is 38.2 Å². The molecule has 2 heterocycles. The second-order valence-electron chi connectivity index (χ2n) is 10.7. The summed E-state index contributed by atoms with van der Waals surface area (Å²) in [7, 11) is 3.95. The van der Waals surface area contributed by atoms with Gasteiger partial charge in [0.1, 0.15) is 18.0 Å². The first-order valence-electron chi connectivity index (χ1n) is 12.7. The molecular formula is C30H33FN4O4. The lowest BCUT2D eigenvalue weighted by atomic mass is 9.93. The molecule has 4 rings (SSSR count). The summed E-state index contributed by atoms with van der Waals surface area (Å²) < 4.78 is 22.2. The first-order valence-corrected chi connectivity index (χ1v) is 12.7. The molecule has 0 saturated heterocycles. The van der Waals surface area contributed by atoms with Crippen LogP contribution in [-0.2, 0) is 19.7 Å². The summed E-state index contributed by atoms with van der Waals surface area (Å²) in [4.78, 5) is 42.4. The van der Waals surface area contributed by atoms with Crippen LogP contribution in [0.5, 0.6) is 5.75 Å². The van der Waals surface area contributed by atoms with E-state index >= 15 is 0 Å². The Morgan fingerprint density at radius 3 is 2.36 bits per heavy atom. The van der Waals surface area contributed by atoms with E-state index in [4.69, 9.17) is 4.74 Å². The molecule has 9 heteroatoms. The molecule has 204 valence electrons. The van der Waals surface area contributed by atoms with Gasteiger partial charge in [0.25, 0.3) is 11.5 Å². The monoisotopic (exact) mass is 532 g/mol. The number of hydrogen-bond acceptors (Lipinski definition) is 5. The molecule has 0 fully saturated rings. The third kappa shape index (κ3) is 6.80. The largest absolute Gasteiger partial charge is 0.483 e. The first-order chi connectivity index (χ1) is 18.5. The van der Waals surface area contributed by atoms with E-state index in [2.05, 4.69) is 24.1 Å². The molecule has 4 aromatic rings. The number of rotatable bonds is 10. The first kappa shape index (κ1) is 27.8. The van der Waals surface area contributed by atoms with Gasteiger partial charge in [-0.05, 0) is 42.8 Å². The van der Waals surface area contributed by atoms with Crippen molar-refractivity contribution in [1.82, 2.24) is 19.2 Å². The van der Waals surface area contributed by atoms with Crippen LogP contribution < -0.4 is 21.0 Å². The number of carbonyl (C=O) groups is 1. The second kappa shape index (κ2) is 11.7. The van der Waals surface area contributed by atoms with Crippen molar-refractivity contribution < 1.29 is 13.9 Å². The van der Waals surface area contributed by atoms with Crippen LogP contribution in [0.2, 0.25) is 0 Å². The van der Waals surface area contributed by atoms with Crippen molar-refractivity contribution in [2.24, 2.45) is 5.41 Å². The highest BCUT2D eigenvalue weighted by atomic mass is 19.1.